The maximum Gasteiger partial charge on any atom is 0.222 e. The Morgan fingerprint density at radius 1 is 1.15 bits per heavy atom. The minimum Gasteiger partial charge on any atom is -0.345 e. The molecular weight excluding hydrogens is 328 g/mol. The van der Waals surface area contributed by atoms with Crippen molar-refractivity contribution >= 4 is 16.9 Å². The van der Waals surface area contributed by atoms with Gasteiger partial charge in [0.2, 0.25) is 5.91 Å². The van der Waals surface area contributed by atoms with Gasteiger partial charge >= 0.3 is 0 Å². The van der Waals surface area contributed by atoms with Gasteiger partial charge in [-0.15, -0.1) is 0 Å². The van der Waals surface area contributed by atoms with Crippen LogP contribution in [-0.2, 0) is 11.3 Å². The number of benzene rings is 2. The molecule has 0 unspecified atom stereocenters. The lowest BCUT2D eigenvalue weighted by Gasteiger charge is -2.20. The Morgan fingerprint density at radius 3 is 2.85 bits per heavy atom. The molecule has 26 heavy (non-hydrogen) atoms. The summed E-state index contributed by atoms with van der Waals surface area (Å²) in [5.74, 6) is -0.0425. The third-order valence-electron chi connectivity index (χ3n) is 4.25. The number of nitrogens with zero attached hydrogens (tertiary/aromatic N) is 4. The van der Waals surface area contributed by atoms with Crippen molar-refractivity contribution in [2.45, 2.75) is 19.0 Å². The maximum atomic E-state index is 12.5. The molecule has 0 bridgehead atoms. The van der Waals surface area contributed by atoms with Gasteiger partial charge in [0.05, 0.1) is 29.9 Å². The predicted octanol–water partition coefficient (Wildman–Crippen LogP) is 2.45. The third kappa shape index (κ3) is 3.46. The van der Waals surface area contributed by atoms with E-state index in [2.05, 4.69) is 25.4 Å². The molecule has 2 aromatic carbocycles. The van der Waals surface area contributed by atoms with Crippen molar-refractivity contribution in [2.75, 3.05) is 0 Å². The number of rotatable bonds is 6. The molecule has 0 radical (unpaired) electrons. The molecule has 0 spiro atoms. The monoisotopic (exact) mass is 346 g/mol. The Kier molecular flexibility index (Phi) is 4.42. The SMILES string of the molecule is O=C(CCn1cncn1)N[C@@H](c1ccccc1)c1ccc2nc[nH]c2c1. The zero-order valence-corrected chi connectivity index (χ0v) is 14.0. The zero-order valence-electron chi connectivity index (χ0n) is 14.0. The topological polar surface area (TPSA) is 88.5 Å². The average Bonchev–Trinajstić information content (AvgIpc) is 3.36. The average molecular weight is 346 g/mol. The van der Waals surface area contributed by atoms with E-state index in [0.717, 1.165) is 22.2 Å². The Hall–Kier alpha value is -3.48. The Morgan fingerprint density at radius 2 is 2.04 bits per heavy atom. The van der Waals surface area contributed by atoms with Crippen molar-refractivity contribution in [1.29, 1.82) is 0 Å². The van der Waals surface area contributed by atoms with Gasteiger partial charge in [0.1, 0.15) is 12.7 Å². The van der Waals surface area contributed by atoms with E-state index >= 15 is 0 Å². The number of aromatic nitrogens is 5. The Bertz CT molecular complexity index is 993. The van der Waals surface area contributed by atoms with Crippen LogP contribution >= 0.6 is 0 Å². The molecule has 2 aromatic heterocycles. The van der Waals surface area contributed by atoms with Crippen LogP contribution in [0.2, 0.25) is 0 Å². The first-order valence-electron chi connectivity index (χ1n) is 8.39. The van der Waals surface area contributed by atoms with E-state index in [0.29, 0.717) is 13.0 Å². The predicted molar refractivity (Wildman–Crippen MR) is 97.2 cm³/mol. The molecule has 1 amide bonds. The number of aromatic amines is 1. The minimum atomic E-state index is -0.229. The molecule has 2 heterocycles. The van der Waals surface area contributed by atoms with Crippen LogP contribution in [0.15, 0.2) is 67.5 Å². The Balaban J connectivity index is 1.57. The number of amides is 1. The van der Waals surface area contributed by atoms with Gasteiger partial charge in [-0.3, -0.25) is 9.48 Å². The lowest BCUT2D eigenvalue weighted by molar-refractivity contribution is -0.121. The van der Waals surface area contributed by atoms with Gasteiger partial charge in [0.15, 0.2) is 0 Å². The number of H-pyrrole nitrogens is 1. The normalized spacial score (nSPS) is 12.2. The first-order chi connectivity index (χ1) is 12.8. The molecule has 0 aliphatic rings. The second kappa shape index (κ2) is 7.18. The van der Waals surface area contributed by atoms with Crippen LogP contribution in [0.5, 0.6) is 0 Å². The Labute approximate surface area is 150 Å². The smallest absolute Gasteiger partial charge is 0.222 e. The van der Waals surface area contributed by atoms with Gasteiger partial charge in [-0.1, -0.05) is 36.4 Å². The summed E-state index contributed by atoms with van der Waals surface area (Å²) >= 11 is 0. The number of imidazole rings is 1. The van der Waals surface area contributed by atoms with E-state index in [-0.39, 0.29) is 11.9 Å². The molecule has 1 atom stereocenters. The van der Waals surface area contributed by atoms with Crippen LogP contribution in [0.3, 0.4) is 0 Å². The highest BCUT2D eigenvalue weighted by Gasteiger charge is 2.17. The molecule has 4 rings (SSSR count). The van der Waals surface area contributed by atoms with Crippen molar-refractivity contribution < 1.29 is 4.79 Å². The zero-order chi connectivity index (χ0) is 17.8. The standard InChI is InChI=1S/C19H18N6O/c26-18(8-9-25-13-20-11-23-25)24-19(14-4-2-1-3-5-14)15-6-7-16-17(10-15)22-12-21-16/h1-7,10-13,19H,8-9H2,(H,21,22)(H,24,26)/t19-/m0/s1. The number of carbonyl (C=O) groups is 1. The van der Waals surface area contributed by atoms with Crippen LogP contribution in [0.4, 0.5) is 0 Å². The lowest BCUT2D eigenvalue weighted by atomic mass is 9.98. The summed E-state index contributed by atoms with van der Waals surface area (Å²) in [4.78, 5) is 23.8. The van der Waals surface area contributed by atoms with E-state index in [1.165, 1.54) is 6.33 Å². The van der Waals surface area contributed by atoms with Gasteiger partial charge in [0.25, 0.3) is 0 Å². The number of hydrogen-bond donors (Lipinski definition) is 2. The molecule has 0 saturated carbocycles. The fraction of sp³-hybridized carbons (Fsp3) is 0.158. The van der Waals surface area contributed by atoms with Crippen LogP contribution in [0.25, 0.3) is 11.0 Å². The van der Waals surface area contributed by atoms with E-state index in [1.807, 2.05) is 48.5 Å². The van der Waals surface area contributed by atoms with Crippen LogP contribution in [0.1, 0.15) is 23.6 Å². The quantitative estimate of drug-likeness (QED) is 0.561. The molecule has 0 saturated heterocycles. The summed E-state index contributed by atoms with van der Waals surface area (Å²) in [6.07, 6.45) is 5.07. The lowest BCUT2D eigenvalue weighted by Crippen LogP contribution is -2.30. The first-order valence-corrected chi connectivity index (χ1v) is 8.39. The van der Waals surface area contributed by atoms with Gasteiger partial charge in [-0.25, -0.2) is 9.97 Å². The molecule has 2 N–H and O–H groups in total. The molecule has 0 aliphatic heterocycles. The van der Waals surface area contributed by atoms with Gasteiger partial charge < -0.3 is 10.3 Å². The maximum absolute atomic E-state index is 12.5. The summed E-state index contributed by atoms with van der Waals surface area (Å²) in [6.45, 7) is 0.493. The highest BCUT2D eigenvalue weighted by atomic mass is 16.1. The van der Waals surface area contributed by atoms with Gasteiger partial charge in [-0.05, 0) is 23.3 Å². The minimum absolute atomic E-state index is 0.0425. The second-order valence-corrected chi connectivity index (χ2v) is 6.00. The van der Waals surface area contributed by atoms with E-state index in [9.17, 15) is 4.79 Å². The van der Waals surface area contributed by atoms with Crippen LogP contribution < -0.4 is 5.32 Å². The highest BCUT2D eigenvalue weighted by Crippen LogP contribution is 2.24. The molecule has 4 aromatic rings. The number of aryl methyl sites for hydroxylation is 1. The van der Waals surface area contributed by atoms with Crippen molar-refractivity contribution in [3.05, 3.63) is 78.6 Å². The fourth-order valence-corrected chi connectivity index (χ4v) is 2.93. The van der Waals surface area contributed by atoms with Crippen molar-refractivity contribution in [2.24, 2.45) is 0 Å². The fourth-order valence-electron chi connectivity index (χ4n) is 2.93. The van der Waals surface area contributed by atoms with E-state index in [4.69, 9.17) is 0 Å². The molecule has 7 heteroatoms. The largest absolute Gasteiger partial charge is 0.345 e. The molecule has 0 aliphatic carbocycles. The van der Waals surface area contributed by atoms with Crippen molar-refractivity contribution in [3.63, 3.8) is 0 Å². The molecular formula is C19H18N6O. The summed E-state index contributed by atoms with van der Waals surface area (Å²) in [6, 6.07) is 15.7. The number of nitrogens with one attached hydrogen (secondary N) is 2. The van der Waals surface area contributed by atoms with Gasteiger partial charge in [0, 0.05) is 6.42 Å². The first kappa shape index (κ1) is 16.0. The molecule has 7 nitrogen and oxygen atoms in total. The van der Waals surface area contributed by atoms with Crippen LogP contribution in [-0.4, -0.2) is 30.6 Å². The summed E-state index contributed by atoms with van der Waals surface area (Å²) < 4.78 is 1.65. The molecule has 130 valence electrons. The van der Waals surface area contributed by atoms with Crippen molar-refractivity contribution in [3.8, 4) is 0 Å². The van der Waals surface area contributed by atoms with E-state index < -0.39 is 0 Å². The molecule has 0 fully saturated rings. The summed E-state index contributed by atoms with van der Waals surface area (Å²) in [5, 5.41) is 7.16. The number of hydrogen-bond acceptors (Lipinski definition) is 4. The summed E-state index contributed by atoms with van der Waals surface area (Å²) in [7, 11) is 0. The number of fused-ring (bicyclic) bond motifs is 1. The van der Waals surface area contributed by atoms with E-state index in [1.54, 1.807) is 17.3 Å². The second-order valence-electron chi connectivity index (χ2n) is 6.00. The van der Waals surface area contributed by atoms with Crippen molar-refractivity contribution in [1.82, 2.24) is 30.0 Å². The highest BCUT2D eigenvalue weighted by molar-refractivity contribution is 5.78. The number of carbonyl (C=O) groups excluding carboxylic acids is 1. The van der Waals surface area contributed by atoms with Crippen LogP contribution in [0, 0.1) is 0 Å². The third-order valence-corrected chi connectivity index (χ3v) is 4.25. The summed E-state index contributed by atoms with van der Waals surface area (Å²) in [5.41, 5.74) is 3.88. The van der Waals surface area contributed by atoms with Gasteiger partial charge in [-0.2, -0.15) is 5.10 Å².